The van der Waals surface area contributed by atoms with Crippen LogP contribution in [0, 0.1) is 0 Å². The van der Waals surface area contributed by atoms with Gasteiger partial charge in [-0.25, -0.2) is 4.79 Å². The first-order chi connectivity index (χ1) is 13.7. The fraction of sp³-hybridized carbons (Fsp3) is 0.250. The molecule has 1 atom stereocenters. The molecule has 1 unspecified atom stereocenters. The lowest BCUT2D eigenvalue weighted by molar-refractivity contribution is -0.138. The molecule has 0 aliphatic rings. The van der Waals surface area contributed by atoms with Crippen molar-refractivity contribution in [3.05, 3.63) is 65.2 Å². The molecule has 156 valence electrons. The van der Waals surface area contributed by atoms with Crippen molar-refractivity contribution >= 4 is 33.5 Å². The zero-order valence-electron chi connectivity index (χ0n) is 15.2. The maximum Gasteiger partial charge on any atom is 0.416 e. The van der Waals surface area contributed by atoms with Gasteiger partial charge in [0, 0.05) is 11.4 Å². The molecule has 0 aliphatic carbocycles. The van der Waals surface area contributed by atoms with Gasteiger partial charge in [0.15, 0.2) is 0 Å². The Balaban J connectivity index is 1.95. The van der Waals surface area contributed by atoms with E-state index in [1.165, 1.54) is 6.08 Å². The van der Waals surface area contributed by atoms with Crippen molar-refractivity contribution in [3.63, 3.8) is 0 Å². The molecular formula is C20H17BrClF3O4. The van der Waals surface area contributed by atoms with Crippen LogP contribution in [0.1, 0.15) is 12.5 Å². The molecule has 0 radical (unpaired) electrons. The summed E-state index contributed by atoms with van der Waals surface area (Å²) in [6.45, 7) is 2.03. The molecule has 0 saturated carbocycles. The molecular weight excluding hydrogens is 477 g/mol. The molecule has 0 fully saturated rings. The van der Waals surface area contributed by atoms with Gasteiger partial charge in [0.05, 0.1) is 10.6 Å². The Bertz CT molecular complexity index is 854. The number of alkyl halides is 4. The molecule has 0 amide bonds. The van der Waals surface area contributed by atoms with Crippen LogP contribution in [0.3, 0.4) is 0 Å². The van der Waals surface area contributed by atoms with E-state index in [2.05, 4.69) is 15.9 Å². The van der Waals surface area contributed by atoms with Crippen LogP contribution in [0.25, 0.3) is 0 Å². The zero-order valence-corrected chi connectivity index (χ0v) is 17.6. The predicted octanol–water partition coefficient (Wildman–Crippen LogP) is 6.41. The van der Waals surface area contributed by atoms with Gasteiger partial charge in [-0.1, -0.05) is 27.5 Å². The molecule has 2 rings (SSSR count). The molecule has 2 aromatic carbocycles. The summed E-state index contributed by atoms with van der Waals surface area (Å²) in [7, 11) is 0. The van der Waals surface area contributed by atoms with E-state index in [1.54, 1.807) is 37.3 Å². The van der Waals surface area contributed by atoms with Crippen LogP contribution in [0.5, 0.6) is 17.2 Å². The van der Waals surface area contributed by atoms with E-state index >= 15 is 0 Å². The summed E-state index contributed by atoms with van der Waals surface area (Å²) in [6, 6.07) is 9.30. The third-order valence-electron chi connectivity index (χ3n) is 3.46. The van der Waals surface area contributed by atoms with Crippen molar-refractivity contribution < 1.29 is 32.2 Å². The van der Waals surface area contributed by atoms with Gasteiger partial charge < -0.3 is 14.2 Å². The van der Waals surface area contributed by atoms with E-state index in [9.17, 15) is 18.0 Å². The predicted molar refractivity (Wildman–Crippen MR) is 107 cm³/mol. The molecule has 29 heavy (non-hydrogen) atoms. The molecule has 0 N–H and O–H groups in total. The minimum Gasteiger partial charge on any atom is -0.487 e. The molecule has 0 spiro atoms. The molecule has 0 aromatic heterocycles. The van der Waals surface area contributed by atoms with E-state index in [-0.39, 0.29) is 23.5 Å². The highest BCUT2D eigenvalue weighted by Gasteiger charge is 2.31. The molecule has 0 saturated heterocycles. The maximum atomic E-state index is 12.7. The maximum absolute atomic E-state index is 12.7. The van der Waals surface area contributed by atoms with Gasteiger partial charge in [-0.05, 0) is 55.5 Å². The molecule has 9 heteroatoms. The van der Waals surface area contributed by atoms with Crippen LogP contribution in [0.2, 0.25) is 5.02 Å². The smallest absolute Gasteiger partial charge is 0.416 e. The van der Waals surface area contributed by atoms with Crippen molar-refractivity contribution in [1.29, 1.82) is 0 Å². The number of halogens is 5. The van der Waals surface area contributed by atoms with Crippen LogP contribution in [-0.4, -0.2) is 24.0 Å². The number of carbonyl (C=O) groups is 1. The van der Waals surface area contributed by atoms with Crippen LogP contribution in [-0.2, 0) is 15.7 Å². The van der Waals surface area contributed by atoms with Crippen molar-refractivity contribution in [2.24, 2.45) is 0 Å². The third-order valence-corrected chi connectivity index (χ3v) is 4.08. The minimum absolute atomic E-state index is 0.103. The van der Waals surface area contributed by atoms with E-state index < -0.39 is 17.7 Å². The number of esters is 1. The Labute approximate surface area is 179 Å². The van der Waals surface area contributed by atoms with Crippen LogP contribution in [0.15, 0.2) is 54.6 Å². The number of carbonyl (C=O) groups excluding carboxylic acids is 1. The van der Waals surface area contributed by atoms with Crippen LogP contribution < -0.4 is 9.47 Å². The van der Waals surface area contributed by atoms with Crippen molar-refractivity contribution in [3.8, 4) is 17.2 Å². The lowest BCUT2D eigenvalue weighted by Crippen LogP contribution is -2.10. The van der Waals surface area contributed by atoms with Gasteiger partial charge in [0.25, 0.3) is 0 Å². The highest BCUT2D eigenvalue weighted by atomic mass is 79.9. The summed E-state index contributed by atoms with van der Waals surface area (Å²) in [4.78, 5) is 11.4. The zero-order chi connectivity index (χ0) is 21.4. The first kappa shape index (κ1) is 23.1. The van der Waals surface area contributed by atoms with Gasteiger partial charge in [0.1, 0.15) is 30.0 Å². The quantitative estimate of drug-likeness (QED) is 0.242. The minimum atomic E-state index is -4.48. The van der Waals surface area contributed by atoms with Gasteiger partial charge >= 0.3 is 12.1 Å². The molecule has 0 aliphatic heterocycles. The standard InChI is InChI=1S/C20H17BrClF3O4/c1-13(2-9-19(26)27-11-10-21)28-15-4-6-16(7-5-15)29-18-8-3-14(12-17(18)22)20(23,24)25/h2-9,12-13H,10-11H2,1H3/b9-2+. The normalized spacial score (nSPS) is 12.6. The second kappa shape index (κ2) is 10.5. The van der Waals surface area contributed by atoms with Gasteiger partial charge in [0.2, 0.25) is 0 Å². The number of benzene rings is 2. The second-order valence-electron chi connectivity index (χ2n) is 5.75. The number of hydrogen-bond donors (Lipinski definition) is 0. The fourth-order valence-corrected chi connectivity index (χ4v) is 2.51. The third kappa shape index (κ3) is 7.62. The average Bonchev–Trinajstić information content (AvgIpc) is 2.67. The lowest BCUT2D eigenvalue weighted by atomic mass is 10.2. The Hall–Kier alpha value is -2.19. The van der Waals surface area contributed by atoms with E-state index in [1.807, 2.05) is 0 Å². The average molecular weight is 494 g/mol. The van der Waals surface area contributed by atoms with Crippen LogP contribution in [0.4, 0.5) is 13.2 Å². The largest absolute Gasteiger partial charge is 0.487 e. The van der Waals surface area contributed by atoms with Crippen molar-refractivity contribution in [2.75, 3.05) is 11.9 Å². The number of ether oxygens (including phenoxy) is 3. The highest BCUT2D eigenvalue weighted by Crippen LogP contribution is 2.36. The highest BCUT2D eigenvalue weighted by molar-refractivity contribution is 9.09. The lowest BCUT2D eigenvalue weighted by Gasteiger charge is -2.13. The summed E-state index contributed by atoms with van der Waals surface area (Å²) < 4.78 is 54.1. The number of hydrogen-bond acceptors (Lipinski definition) is 4. The van der Waals surface area contributed by atoms with Crippen LogP contribution >= 0.6 is 27.5 Å². The molecule has 4 nitrogen and oxygen atoms in total. The van der Waals surface area contributed by atoms with Gasteiger partial charge in [-0.2, -0.15) is 13.2 Å². The van der Waals surface area contributed by atoms with E-state index in [4.69, 9.17) is 25.8 Å². The Kier molecular flexibility index (Phi) is 8.40. The Morgan fingerprint density at radius 3 is 2.41 bits per heavy atom. The Morgan fingerprint density at radius 2 is 1.83 bits per heavy atom. The second-order valence-corrected chi connectivity index (χ2v) is 6.96. The topological polar surface area (TPSA) is 44.8 Å². The molecule has 0 bridgehead atoms. The SMILES string of the molecule is CC(/C=C/C(=O)OCCBr)Oc1ccc(Oc2ccc(C(F)(F)F)cc2Cl)cc1. The summed E-state index contributed by atoms with van der Waals surface area (Å²) in [5.74, 6) is 0.533. The Morgan fingerprint density at radius 1 is 1.17 bits per heavy atom. The molecule has 0 heterocycles. The molecule has 2 aromatic rings. The van der Waals surface area contributed by atoms with E-state index in [0.29, 0.717) is 16.8 Å². The fourth-order valence-electron chi connectivity index (χ4n) is 2.13. The first-order valence-corrected chi connectivity index (χ1v) is 9.91. The first-order valence-electron chi connectivity index (χ1n) is 8.41. The monoisotopic (exact) mass is 492 g/mol. The summed E-state index contributed by atoms with van der Waals surface area (Å²) in [6.07, 6.45) is -2.01. The number of rotatable bonds is 8. The summed E-state index contributed by atoms with van der Waals surface area (Å²) in [5.41, 5.74) is -0.850. The van der Waals surface area contributed by atoms with E-state index in [0.717, 1.165) is 18.2 Å². The summed E-state index contributed by atoms with van der Waals surface area (Å²) >= 11 is 9.03. The van der Waals surface area contributed by atoms with Crippen molar-refractivity contribution in [2.45, 2.75) is 19.2 Å². The van der Waals surface area contributed by atoms with Crippen molar-refractivity contribution in [1.82, 2.24) is 0 Å². The van der Waals surface area contributed by atoms with Gasteiger partial charge in [-0.3, -0.25) is 0 Å². The van der Waals surface area contributed by atoms with Gasteiger partial charge in [-0.15, -0.1) is 0 Å². The summed E-state index contributed by atoms with van der Waals surface area (Å²) in [5, 5.41) is 0.413.